The van der Waals surface area contributed by atoms with Crippen molar-refractivity contribution in [2.45, 2.75) is 13.0 Å². The van der Waals surface area contributed by atoms with E-state index < -0.39 is 0 Å². The molecule has 1 atom stereocenters. The van der Waals surface area contributed by atoms with Gasteiger partial charge < -0.3 is 9.26 Å². The summed E-state index contributed by atoms with van der Waals surface area (Å²) in [5.74, 6) is 1.75. The van der Waals surface area contributed by atoms with Gasteiger partial charge in [0.15, 0.2) is 6.10 Å². The number of nitrogens with zero attached hydrogens (tertiary/aromatic N) is 3. The van der Waals surface area contributed by atoms with Crippen molar-refractivity contribution < 1.29 is 9.26 Å². The smallest absolute Gasteiger partial charge is 0.267 e. The van der Waals surface area contributed by atoms with Crippen LogP contribution < -0.4 is 4.74 Å². The maximum absolute atomic E-state index is 5.74. The topological polar surface area (TPSA) is 61.0 Å². The predicted octanol–water partition coefficient (Wildman–Crippen LogP) is 3.27. The van der Waals surface area contributed by atoms with Crippen molar-refractivity contribution in [3.8, 4) is 17.1 Å². The number of pyridine rings is 1. The van der Waals surface area contributed by atoms with Gasteiger partial charge in [0.1, 0.15) is 5.75 Å². The lowest BCUT2D eigenvalue weighted by Crippen LogP contribution is -2.03. The number of hydrogen-bond acceptors (Lipinski definition) is 5. The molecule has 2 heterocycles. The molecule has 0 aliphatic rings. The molecule has 0 fully saturated rings. The molecule has 5 heteroatoms. The average molecular weight is 267 g/mol. The van der Waals surface area contributed by atoms with Gasteiger partial charge in [0.25, 0.3) is 5.89 Å². The van der Waals surface area contributed by atoms with Crippen LogP contribution in [0.2, 0.25) is 0 Å². The summed E-state index contributed by atoms with van der Waals surface area (Å²) in [6.45, 7) is 1.87. The first kappa shape index (κ1) is 12.3. The monoisotopic (exact) mass is 267 g/mol. The van der Waals surface area contributed by atoms with Gasteiger partial charge in [-0.2, -0.15) is 4.98 Å². The minimum Gasteiger partial charge on any atom is -0.481 e. The van der Waals surface area contributed by atoms with Gasteiger partial charge in [-0.05, 0) is 31.2 Å². The van der Waals surface area contributed by atoms with Gasteiger partial charge in [0.2, 0.25) is 5.82 Å². The summed E-state index contributed by atoms with van der Waals surface area (Å²) < 4.78 is 11.0. The normalized spacial score (nSPS) is 12.1. The Balaban J connectivity index is 1.77. The first-order valence-electron chi connectivity index (χ1n) is 6.28. The third kappa shape index (κ3) is 2.66. The molecule has 0 aliphatic carbocycles. The molecule has 0 N–H and O–H groups in total. The van der Waals surface area contributed by atoms with Crippen molar-refractivity contribution in [2.75, 3.05) is 0 Å². The molecule has 3 aromatic rings. The van der Waals surface area contributed by atoms with Gasteiger partial charge in [-0.1, -0.05) is 23.4 Å². The van der Waals surface area contributed by atoms with Crippen molar-refractivity contribution >= 4 is 0 Å². The fraction of sp³-hybridized carbons (Fsp3) is 0.133. The average Bonchev–Trinajstić information content (AvgIpc) is 2.99. The third-order valence-corrected chi connectivity index (χ3v) is 2.78. The lowest BCUT2D eigenvalue weighted by atomic mass is 10.2. The molecule has 0 aliphatic heterocycles. The van der Waals surface area contributed by atoms with Gasteiger partial charge >= 0.3 is 0 Å². The minimum atomic E-state index is -0.305. The van der Waals surface area contributed by atoms with Crippen LogP contribution in [-0.2, 0) is 0 Å². The van der Waals surface area contributed by atoms with Crippen LogP contribution >= 0.6 is 0 Å². The molecule has 0 saturated heterocycles. The van der Waals surface area contributed by atoms with Crippen molar-refractivity contribution in [1.29, 1.82) is 0 Å². The Morgan fingerprint density at radius 2 is 1.80 bits per heavy atom. The summed E-state index contributed by atoms with van der Waals surface area (Å²) in [5, 5.41) is 3.96. The lowest BCUT2D eigenvalue weighted by Gasteiger charge is -2.09. The molecule has 2 aromatic heterocycles. The fourth-order valence-corrected chi connectivity index (χ4v) is 1.77. The lowest BCUT2D eigenvalue weighted by molar-refractivity contribution is 0.176. The van der Waals surface area contributed by atoms with E-state index in [2.05, 4.69) is 15.1 Å². The van der Waals surface area contributed by atoms with Gasteiger partial charge in [0, 0.05) is 18.0 Å². The van der Waals surface area contributed by atoms with Gasteiger partial charge in [0.05, 0.1) is 0 Å². The predicted molar refractivity (Wildman–Crippen MR) is 73.0 cm³/mol. The number of para-hydroxylation sites is 1. The van der Waals surface area contributed by atoms with E-state index in [0.29, 0.717) is 11.7 Å². The van der Waals surface area contributed by atoms with Crippen LogP contribution in [0.15, 0.2) is 59.4 Å². The quantitative estimate of drug-likeness (QED) is 0.726. The second-order valence-corrected chi connectivity index (χ2v) is 4.27. The molecule has 0 saturated carbocycles. The second kappa shape index (κ2) is 5.52. The van der Waals surface area contributed by atoms with E-state index in [-0.39, 0.29) is 6.10 Å². The molecule has 0 radical (unpaired) electrons. The number of hydrogen-bond donors (Lipinski definition) is 0. The Labute approximate surface area is 116 Å². The fourth-order valence-electron chi connectivity index (χ4n) is 1.77. The largest absolute Gasteiger partial charge is 0.481 e. The van der Waals surface area contributed by atoms with Crippen LogP contribution in [0.25, 0.3) is 11.4 Å². The van der Waals surface area contributed by atoms with Crippen LogP contribution in [0, 0.1) is 0 Å². The number of rotatable bonds is 4. The van der Waals surface area contributed by atoms with E-state index in [1.807, 2.05) is 49.4 Å². The van der Waals surface area contributed by atoms with Crippen molar-refractivity contribution in [3.05, 3.63) is 60.7 Å². The van der Waals surface area contributed by atoms with Crippen LogP contribution in [-0.4, -0.2) is 15.1 Å². The molecule has 0 bridgehead atoms. The van der Waals surface area contributed by atoms with E-state index in [0.717, 1.165) is 11.3 Å². The summed E-state index contributed by atoms with van der Waals surface area (Å²) in [7, 11) is 0. The zero-order valence-electron chi connectivity index (χ0n) is 10.9. The molecule has 100 valence electrons. The molecule has 1 aromatic carbocycles. The van der Waals surface area contributed by atoms with Crippen molar-refractivity contribution in [3.63, 3.8) is 0 Å². The Morgan fingerprint density at radius 3 is 2.55 bits per heavy atom. The third-order valence-electron chi connectivity index (χ3n) is 2.78. The van der Waals surface area contributed by atoms with E-state index in [4.69, 9.17) is 9.26 Å². The molecule has 5 nitrogen and oxygen atoms in total. The Hall–Kier alpha value is -2.69. The first-order chi connectivity index (χ1) is 9.83. The summed E-state index contributed by atoms with van der Waals surface area (Å²) >= 11 is 0. The summed E-state index contributed by atoms with van der Waals surface area (Å²) in [4.78, 5) is 8.30. The van der Waals surface area contributed by atoms with Crippen LogP contribution in [0.5, 0.6) is 5.75 Å². The maximum Gasteiger partial charge on any atom is 0.267 e. The van der Waals surface area contributed by atoms with E-state index >= 15 is 0 Å². The molecule has 3 rings (SSSR count). The van der Waals surface area contributed by atoms with Gasteiger partial charge in [-0.15, -0.1) is 0 Å². The SMILES string of the molecule is C[C@H](Oc1ccccc1)c1nc(-c2ccncc2)no1. The van der Waals surface area contributed by atoms with Gasteiger partial charge in [-0.3, -0.25) is 4.98 Å². The molecular weight excluding hydrogens is 254 g/mol. The second-order valence-electron chi connectivity index (χ2n) is 4.27. The van der Waals surface area contributed by atoms with Gasteiger partial charge in [-0.25, -0.2) is 0 Å². The highest BCUT2D eigenvalue weighted by Gasteiger charge is 2.16. The number of benzene rings is 1. The standard InChI is InChI=1S/C15H13N3O2/c1-11(19-13-5-3-2-4-6-13)15-17-14(18-20-15)12-7-9-16-10-8-12/h2-11H,1H3/t11-/m0/s1. The zero-order chi connectivity index (χ0) is 13.8. The molecule has 0 amide bonds. The highest BCUT2D eigenvalue weighted by molar-refractivity contribution is 5.52. The molecule has 0 unspecified atom stereocenters. The summed E-state index contributed by atoms with van der Waals surface area (Å²) in [6, 6.07) is 13.2. The number of ether oxygens (including phenoxy) is 1. The number of aromatic nitrogens is 3. The van der Waals surface area contributed by atoms with E-state index in [1.54, 1.807) is 12.4 Å². The van der Waals surface area contributed by atoms with Crippen LogP contribution in [0.4, 0.5) is 0 Å². The Morgan fingerprint density at radius 1 is 1.05 bits per heavy atom. The van der Waals surface area contributed by atoms with E-state index in [1.165, 1.54) is 0 Å². The van der Waals surface area contributed by atoms with Crippen LogP contribution in [0.3, 0.4) is 0 Å². The van der Waals surface area contributed by atoms with Crippen molar-refractivity contribution in [2.24, 2.45) is 0 Å². The Bertz CT molecular complexity index is 668. The molecule has 0 spiro atoms. The Kier molecular flexibility index (Phi) is 3.41. The van der Waals surface area contributed by atoms with Crippen molar-refractivity contribution in [1.82, 2.24) is 15.1 Å². The molecule has 20 heavy (non-hydrogen) atoms. The minimum absolute atomic E-state index is 0.305. The first-order valence-corrected chi connectivity index (χ1v) is 6.28. The van der Waals surface area contributed by atoms with E-state index in [9.17, 15) is 0 Å². The summed E-state index contributed by atoms with van der Waals surface area (Å²) in [5.41, 5.74) is 0.863. The highest BCUT2D eigenvalue weighted by atomic mass is 16.5. The zero-order valence-corrected chi connectivity index (χ0v) is 10.9. The molecular formula is C15H13N3O2. The highest BCUT2D eigenvalue weighted by Crippen LogP contribution is 2.22. The summed E-state index contributed by atoms with van der Waals surface area (Å²) in [6.07, 6.45) is 3.07. The van der Waals surface area contributed by atoms with Crippen LogP contribution in [0.1, 0.15) is 18.9 Å². The maximum atomic E-state index is 5.74.